The molecule has 0 aliphatic rings. The molecule has 7 nitrogen and oxygen atoms in total. The minimum atomic E-state index is -4.59. The van der Waals surface area contributed by atoms with E-state index in [1.807, 2.05) is 0 Å². The summed E-state index contributed by atoms with van der Waals surface area (Å²) in [5.41, 5.74) is 11.7. The van der Waals surface area contributed by atoms with Gasteiger partial charge in [0.2, 0.25) is 0 Å². The number of esters is 2. The number of rotatable bonds is 6. The molecule has 0 aliphatic carbocycles. The number of guanidine groups is 1. The van der Waals surface area contributed by atoms with E-state index < -0.39 is 30.6 Å². The zero-order chi connectivity index (χ0) is 21.6. The first-order valence-electron chi connectivity index (χ1n) is 8.30. The maximum atomic E-state index is 12.2. The van der Waals surface area contributed by atoms with Crippen LogP contribution in [0.4, 0.5) is 18.9 Å². The lowest BCUT2D eigenvalue weighted by molar-refractivity contribution is -0.187. The second kappa shape index (κ2) is 9.09. The van der Waals surface area contributed by atoms with Crippen molar-refractivity contribution in [3.8, 4) is 5.75 Å². The highest BCUT2D eigenvalue weighted by molar-refractivity contribution is 5.91. The van der Waals surface area contributed by atoms with Gasteiger partial charge in [0.1, 0.15) is 5.75 Å². The van der Waals surface area contributed by atoms with Crippen LogP contribution in [0.1, 0.15) is 28.8 Å². The molecule has 2 aromatic carbocycles. The maximum Gasteiger partial charge on any atom is 0.422 e. The Morgan fingerprint density at radius 1 is 1.03 bits per heavy atom. The van der Waals surface area contributed by atoms with Gasteiger partial charge in [-0.15, -0.1) is 0 Å². The highest BCUT2D eigenvalue weighted by atomic mass is 19.4. The van der Waals surface area contributed by atoms with E-state index in [1.54, 1.807) is 0 Å². The molecule has 0 saturated carbocycles. The number of hydrogen-bond acceptors (Lipinski definition) is 5. The van der Waals surface area contributed by atoms with E-state index in [9.17, 15) is 22.8 Å². The van der Waals surface area contributed by atoms with Crippen molar-refractivity contribution >= 4 is 23.6 Å². The Kier molecular flexibility index (Phi) is 6.81. The van der Waals surface area contributed by atoms with Gasteiger partial charge in [0.25, 0.3) is 0 Å². The predicted octanol–water partition coefficient (Wildman–Crippen LogP) is 3.02. The number of carbonyl (C=O) groups is 2. The first-order valence-corrected chi connectivity index (χ1v) is 8.30. The van der Waals surface area contributed by atoms with Crippen molar-refractivity contribution in [3.05, 3.63) is 59.7 Å². The minimum Gasteiger partial charge on any atom is -0.456 e. The monoisotopic (exact) mass is 409 g/mol. The second-order valence-corrected chi connectivity index (χ2v) is 5.99. The third-order valence-corrected chi connectivity index (χ3v) is 3.68. The molecule has 0 amide bonds. The van der Waals surface area contributed by atoms with E-state index >= 15 is 0 Å². The van der Waals surface area contributed by atoms with Crippen LogP contribution in [0.25, 0.3) is 0 Å². The van der Waals surface area contributed by atoms with Crippen LogP contribution in [0.2, 0.25) is 0 Å². The number of carbonyl (C=O) groups excluding carboxylic acids is 2. The summed E-state index contributed by atoms with van der Waals surface area (Å²) < 4.78 is 45.8. The van der Waals surface area contributed by atoms with E-state index in [0.29, 0.717) is 11.3 Å². The molecule has 0 radical (unpaired) electrons. The molecule has 154 valence electrons. The van der Waals surface area contributed by atoms with Crippen LogP contribution in [-0.2, 0) is 9.53 Å². The normalized spacial score (nSPS) is 12.0. The molecule has 0 aliphatic heterocycles. The van der Waals surface area contributed by atoms with Crippen LogP contribution < -0.4 is 16.2 Å². The van der Waals surface area contributed by atoms with Crippen molar-refractivity contribution in [2.75, 3.05) is 6.61 Å². The fourth-order valence-corrected chi connectivity index (χ4v) is 2.23. The summed E-state index contributed by atoms with van der Waals surface area (Å²) in [7, 11) is 0. The molecule has 0 spiro atoms. The molecule has 2 rings (SSSR count). The number of halogens is 3. The molecule has 29 heavy (non-hydrogen) atoms. The Hall–Kier alpha value is -3.56. The topological polar surface area (TPSA) is 117 Å². The van der Waals surface area contributed by atoms with Crippen molar-refractivity contribution < 1.29 is 32.2 Å². The molecule has 0 aromatic heterocycles. The Balaban J connectivity index is 1.98. The molecule has 4 N–H and O–H groups in total. The van der Waals surface area contributed by atoms with Gasteiger partial charge in [0.05, 0.1) is 17.2 Å². The van der Waals surface area contributed by atoms with Gasteiger partial charge < -0.3 is 20.9 Å². The van der Waals surface area contributed by atoms with E-state index in [-0.39, 0.29) is 17.3 Å². The molecule has 0 fully saturated rings. The summed E-state index contributed by atoms with van der Waals surface area (Å²) in [5, 5.41) is 0. The first kappa shape index (κ1) is 21.7. The summed E-state index contributed by atoms with van der Waals surface area (Å²) >= 11 is 0. The Labute approximate surface area is 164 Å². The van der Waals surface area contributed by atoms with Gasteiger partial charge in [-0.3, -0.25) is 4.79 Å². The van der Waals surface area contributed by atoms with E-state index in [1.165, 1.54) is 55.5 Å². The molecule has 1 atom stereocenters. The predicted molar refractivity (Wildman–Crippen MR) is 98.7 cm³/mol. The fourth-order valence-electron chi connectivity index (χ4n) is 2.23. The maximum absolute atomic E-state index is 12.2. The quantitative estimate of drug-likeness (QED) is 0.328. The SMILES string of the molecule is CC(C(=O)OCC(F)(F)F)c1ccc(OC(=O)c2ccc(N=C(N)N)cc2)cc1. The van der Waals surface area contributed by atoms with Gasteiger partial charge in [-0.05, 0) is 48.9 Å². The highest BCUT2D eigenvalue weighted by Crippen LogP contribution is 2.23. The lowest BCUT2D eigenvalue weighted by atomic mass is 10.0. The average Bonchev–Trinajstić information content (AvgIpc) is 2.65. The van der Waals surface area contributed by atoms with Crippen LogP contribution in [0, 0.1) is 0 Å². The third-order valence-electron chi connectivity index (χ3n) is 3.68. The van der Waals surface area contributed by atoms with Gasteiger partial charge in [-0.2, -0.15) is 13.2 Å². The largest absolute Gasteiger partial charge is 0.456 e. The first-order chi connectivity index (χ1) is 13.5. The van der Waals surface area contributed by atoms with Gasteiger partial charge in [0, 0.05) is 0 Å². The zero-order valence-electron chi connectivity index (χ0n) is 15.3. The number of nitrogens with zero attached hydrogens (tertiary/aromatic N) is 1. The number of ether oxygens (including phenoxy) is 2. The zero-order valence-corrected chi connectivity index (χ0v) is 15.3. The number of nitrogens with two attached hydrogens (primary N) is 2. The van der Waals surface area contributed by atoms with E-state index in [0.717, 1.165) is 0 Å². The van der Waals surface area contributed by atoms with Crippen molar-refractivity contribution in [1.29, 1.82) is 0 Å². The molecular weight excluding hydrogens is 391 g/mol. The smallest absolute Gasteiger partial charge is 0.422 e. The summed E-state index contributed by atoms with van der Waals surface area (Å²) in [6.07, 6.45) is -4.59. The van der Waals surface area contributed by atoms with Crippen LogP contribution >= 0.6 is 0 Å². The molecule has 0 saturated heterocycles. The fraction of sp³-hybridized carbons (Fsp3) is 0.211. The van der Waals surface area contributed by atoms with Gasteiger partial charge in [0.15, 0.2) is 12.6 Å². The van der Waals surface area contributed by atoms with Crippen LogP contribution in [-0.4, -0.2) is 30.7 Å². The van der Waals surface area contributed by atoms with E-state index in [4.69, 9.17) is 16.2 Å². The average molecular weight is 409 g/mol. The third kappa shape index (κ3) is 6.83. The Morgan fingerprint density at radius 3 is 2.14 bits per heavy atom. The number of benzene rings is 2. The lowest BCUT2D eigenvalue weighted by Gasteiger charge is -2.13. The minimum absolute atomic E-state index is 0.114. The standard InChI is InChI=1S/C19H18F3N3O4/c1-11(16(26)28-10-19(20,21)22)12-4-8-15(9-5-12)29-17(27)13-2-6-14(7-3-13)25-18(23)24/h2-9,11H,10H2,1H3,(H4,23,24,25). The van der Waals surface area contributed by atoms with Gasteiger partial charge in [-0.1, -0.05) is 12.1 Å². The number of aliphatic imine (C=N–C) groups is 1. The van der Waals surface area contributed by atoms with Crippen LogP contribution in [0.3, 0.4) is 0 Å². The Bertz CT molecular complexity index is 890. The Morgan fingerprint density at radius 2 is 1.62 bits per heavy atom. The number of hydrogen-bond donors (Lipinski definition) is 2. The summed E-state index contributed by atoms with van der Waals surface area (Å²) in [5.74, 6) is -2.47. The van der Waals surface area contributed by atoms with Crippen molar-refractivity contribution in [2.45, 2.75) is 19.0 Å². The molecule has 0 heterocycles. The van der Waals surface area contributed by atoms with Crippen LogP contribution in [0.15, 0.2) is 53.5 Å². The highest BCUT2D eigenvalue weighted by Gasteiger charge is 2.30. The summed E-state index contributed by atoms with van der Waals surface area (Å²) in [4.78, 5) is 27.7. The summed E-state index contributed by atoms with van der Waals surface area (Å²) in [6.45, 7) is -0.230. The van der Waals surface area contributed by atoms with Gasteiger partial charge in [-0.25, -0.2) is 9.79 Å². The second-order valence-electron chi connectivity index (χ2n) is 5.99. The molecular formula is C19H18F3N3O4. The van der Waals surface area contributed by atoms with Crippen molar-refractivity contribution in [2.24, 2.45) is 16.5 Å². The van der Waals surface area contributed by atoms with Crippen LogP contribution in [0.5, 0.6) is 5.75 Å². The molecule has 2 aromatic rings. The number of alkyl halides is 3. The molecule has 10 heteroatoms. The van der Waals surface area contributed by atoms with Gasteiger partial charge >= 0.3 is 18.1 Å². The molecule has 0 bridgehead atoms. The lowest BCUT2D eigenvalue weighted by Crippen LogP contribution is -2.23. The van der Waals surface area contributed by atoms with Crippen molar-refractivity contribution in [3.63, 3.8) is 0 Å². The summed E-state index contributed by atoms with van der Waals surface area (Å²) in [6, 6.07) is 11.8. The van der Waals surface area contributed by atoms with E-state index in [2.05, 4.69) is 9.73 Å². The van der Waals surface area contributed by atoms with Crippen molar-refractivity contribution in [1.82, 2.24) is 0 Å². The molecule has 1 unspecified atom stereocenters.